The van der Waals surface area contributed by atoms with E-state index in [4.69, 9.17) is 37.9 Å². The largest absolute Gasteiger partial charge is 0.493 e. The fraction of sp³-hybridized carbons (Fsp3) is 0.118. The zero-order valence-corrected chi connectivity index (χ0v) is 13.4. The Labute approximate surface area is 139 Å². The van der Waals surface area contributed by atoms with Crippen LogP contribution in [0.1, 0.15) is 11.1 Å². The van der Waals surface area contributed by atoms with Gasteiger partial charge in [-0.05, 0) is 41.5 Å². The minimum Gasteiger partial charge on any atom is -0.493 e. The van der Waals surface area contributed by atoms with E-state index >= 15 is 0 Å². The van der Waals surface area contributed by atoms with Crippen molar-refractivity contribution in [2.45, 2.75) is 6.61 Å². The lowest BCUT2D eigenvalue weighted by Gasteiger charge is -2.11. The van der Waals surface area contributed by atoms with Crippen molar-refractivity contribution in [2.24, 2.45) is 0 Å². The van der Waals surface area contributed by atoms with Gasteiger partial charge in [0.15, 0.2) is 11.5 Å². The van der Waals surface area contributed by atoms with Crippen LogP contribution in [0.3, 0.4) is 0 Å². The van der Waals surface area contributed by atoms with Crippen LogP contribution in [0.2, 0.25) is 10.0 Å². The van der Waals surface area contributed by atoms with Crippen molar-refractivity contribution in [3.63, 3.8) is 0 Å². The molecule has 0 N–H and O–H groups in total. The fourth-order valence-corrected chi connectivity index (χ4v) is 2.15. The number of halogens is 2. The van der Waals surface area contributed by atoms with E-state index in [1.54, 1.807) is 37.5 Å². The molecule has 0 aliphatic carbocycles. The van der Waals surface area contributed by atoms with Gasteiger partial charge in [0.05, 0.1) is 23.2 Å². The third-order valence-electron chi connectivity index (χ3n) is 2.92. The normalized spacial score (nSPS) is 10.5. The molecule has 22 heavy (non-hydrogen) atoms. The first kappa shape index (κ1) is 16.2. The molecule has 0 unspecified atom stereocenters. The molecule has 0 heterocycles. The highest BCUT2D eigenvalue weighted by Crippen LogP contribution is 2.30. The smallest absolute Gasteiger partial charge is 0.161 e. The van der Waals surface area contributed by atoms with Crippen LogP contribution in [-0.4, -0.2) is 7.11 Å². The predicted octanol–water partition coefficient (Wildman–Crippen LogP) is 5.12. The summed E-state index contributed by atoms with van der Waals surface area (Å²) in [5.74, 6) is 1.21. The second kappa shape index (κ2) is 7.74. The van der Waals surface area contributed by atoms with Crippen molar-refractivity contribution < 1.29 is 9.47 Å². The minimum atomic E-state index is 0.348. The summed E-state index contributed by atoms with van der Waals surface area (Å²) in [6.45, 7) is 0.348. The number of nitriles is 1. The number of methoxy groups -OCH3 is 1. The zero-order chi connectivity index (χ0) is 15.9. The van der Waals surface area contributed by atoms with E-state index in [9.17, 15) is 0 Å². The van der Waals surface area contributed by atoms with Gasteiger partial charge >= 0.3 is 0 Å². The first-order valence-electron chi connectivity index (χ1n) is 6.45. The maximum Gasteiger partial charge on any atom is 0.161 e. The lowest BCUT2D eigenvalue weighted by molar-refractivity contribution is 0.284. The molecule has 0 atom stereocenters. The number of hydrogen-bond acceptors (Lipinski definition) is 3. The highest BCUT2D eigenvalue weighted by Gasteiger charge is 2.06. The van der Waals surface area contributed by atoms with E-state index in [1.165, 1.54) is 6.08 Å². The highest BCUT2D eigenvalue weighted by atomic mass is 35.5. The molecule has 2 aromatic carbocycles. The Morgan fingerprint density at radius 1 is 1.09 bits per heavy atom. The van der Waals surface area contributed by atoms with Crippen LogP contribution in [-0.2, 0) is 6.61 Å². The van der Waals surface area contributed by atoms with Crippen molar-refractivity contribution in [3.05, 3.63) is 63.6 Å². The minimum absolute atomic E-state index is 0.348. The topological polar surface area (TPSA) is 42.2 Å². The summed E-state index contributed by atoms with van der Waals surface area (Å²) >= 11 is 11.9. The lowest BCUT2D eigenvalue weighted by atomic mass is 10.2. The number of nitrogens with zero attached hydrogens (tertiary/aromatic N) is 1. The summed E-state index contributed by atoms with van der Waals surface area (Å²) in [5.41, 5.74) is 1.77. The number of ether oxygens (including phenoxy) is 2. The van der Waals surface area contributed by atoms with Gasteiger partial charge in [-0.15, -0.1) is 0 Å². The fourth-order valence-electron chi connectivity index (χ4n) is 1.83. The van der Waals surface area contributed by atoms with Crippen LogP contribution in [0.4, 0.5) is 0 Å². The van der Waals surface area contributed by atoms with Gasteiger partial charge < -0.3 is 9.47 Å². The van der Waals surface area contributed by atoms with E-state index in [2.05, 4.69) is 0 Å². The third kappa shape index (κ3) is 4.17. The maximum atomic E-state index is 8.55. The number of allylic oxidation sites excluding steroid dienone is 1. The quantitative estimate of drug-likeness (QED) is 0.713. The van der Waals surface area contributed by atoms with Crippen LogP contribution in [0, 0.1) is 11.3 Å². The third-order valence-corrected chi connectivity index (χ3v) is 3.66. The molecule has 0 bridgehead atoms. The van der Waals surface area contributed by atoms with Gasteiger partial charge in [-0.25, -0.2) is 0 Å². The SMILES string of the molecule is COc1cc(/C=C/C#N)ccc1OCc1ccc(Cl)c(Cl)c1. The molecule has 0 saturated carbocycles. The second-order valence-corrected chi connectivity index (χ2v) is 5.22. The Morgan fingerprint density at radius 3 is 2.59 bits per heavy atom. The Hall–Kier alpha value is -2.15. The molecule has 0 spiro atoms. The van der Waals surface area contributed by atoms with Crippen molar-refractivity contribution in [2.75, 3.05) is 7.11 Å². The summed E-state index contributed by atoms with van der Waals surface area (Å²) in [7, 11) is 1.57. The van der Waals surface area contributed by atoms with Gasteiger partial charge in [-0.3, -0.25) is 0 Å². The molecule has 2 aromatic rings. The molecule has 0 fully saturated rings. The molecule has 0 radical (unpaired) electrons. The van der Waals surface area contributed by atoms with E-state index < -0.39 is 0 Å². The molecule has 0 aliphatic heterocycles. The van der Waals surface area contributed by atoms with Gasteiger partial charge in [-0.1, -0.05) is 35.3 Å². The van der Waals surface area contributed by atoms with Gasteiger partial charge in [0.25, 0.3) is 0 Å². The summed E-state index contributed by atoms with van der Waals surface area (Å²) in [6, 6.07) is 12.7. The molecular weight excluding hydrogens is 321 g/mol. The first-order chi connectivity index (χ1) is 10.6. The molecule has 0 saturated heterocycles. The monoisotopic (exact) mass is 333 g/mol. The number of rotatable bonds is 5. The van der Waals surface area contributed by atoms with Crippen LogP contribution >= 0.6 is 23.2 Å². The van der Waals surface area contributed by atoms with E-state index in [0.29, 0.717) is 28.2 Å². The summed E-state index contributed by atoms with van der Waals surface area (Å²) in [6.07, 6.45) is 3.11. The first-order valence-corrected chi connectivity index (χ1v) is 7.20. The van der Waals surface area contributed by atoms with Crippen molar-refractivity contribution in [1.29, 1.82) is 5.26 Å². The number of hydrogen-bond donors (Lipinski definition) is 0. The molecule has 112 valence electrons. The van der Waals surface area contributed by atoms with Crippen LogP contribution in [0.25, 0.3) is 6.08 Å². The summed E-state index contributed by atoms with van der Waals surface area (Å²) < 4.78 is 11.1. The van der Waals surface area contributed by atoms with Crippen molar-refractivity contribution in [1.82, 2.24) is 0 Å². The molecule has 2 rings (SSSR count). The molecule has 5 heteroatoms. The molecule has 0 amide bonds. The van der Waals surface area contributed by atoms with Gasteiger partial charge in [-0.2, -0.15) is 5.26 Å². The van der Waals surface area contributed by atoms with Gasteiger partial charge in [0.1, 0.15) is 6.61 Å². The van der Waals surface area contributed by atoms with Crippen molar-refractivity contribution >= 4 is 29.3 Å². The van der Waals surface area contributed by atoms with E-state index in [-0.39, 0.29) is 0 Å². The molecule has 0 aromatic heterocycles. The lowest BCUT2D eigenvalue weighted by Crippen LogP contribution is -1.98. The zero-order valence-electron chi connectivity index (χ0n) is 11.8. The van der Waals surface area contributed by atoms with Crippen LogP contribution in [0.15, 0.2) is 42.5 Å². The molecule has 0 aliphatic rings. The maximum absolute atomic E-state index is 8.55. The van der Waals surface area contributed by atoms with Gasteiger partial charge in [0.2, 0.25) is 0 Å². The van der Waals surface area contributed by atoms with Crippen molar-refractivity contribution in [3.8, 4) is 17.6 Å². The average molecular weight is 334 g/mol. The summed E-state index contributed by atoms with van der Waals surface area (Å²) in [4.78, 5) is 0. The molecule has 3 nitrogen and oxygen atoms in total. The predicted molar refractivity (Wildman–Crippen MR) is 88.4 cm³/mol. The Bertz CT molecular complexity index is 736. The molecular formula is C17H13Cl2NO2. The highest BCUT2D eigenvalue weighted by molar-refractivity contribution is 6.42. The van der Waals surface area contributed by atoms with E-state index in [1.807, 2.05) is 18.2 Å². The Balaban J connectivity index is 2.13. The second-order valence-electron chi connectivity index (χ2n) is 4.41. The number of benzene rings is 2. The standard InChI is InChI=1S/C17H13Cl2NO2/c1-21-17-10-12(3-2-8-20)5-7-16(17)22-11-13-4-6-14(18)15(19)9-13/h2-7,9-10H,11H2,1H3/b3-2+. The van der Waals surface area contributed by atoms with Gasteiger partial charge in [0, 0.05) is 6.08 Å². The van der Waals surface area contributed by atoms with Crippen LogP contribution in [0.5, 0.6) is 11.5 Å². The average Bonchev–Trinajstić information content (AvgIpc) is 2.54. The Morgan fingerprint density at radius 2 is 1.91 bits per heavy atom. The Kier molecular flexibility index (Phi) is 5.71. The summed E-state index contributed by atoms with van der Waals surface area (Å²) in [5, 5.41) is 9.55. The van der Waals surface area contributed by atoms with Crippen LogP contribution < -0.4 is 9.47 Å². The van der Waals surface area contributed by atoms with E-state index in [0.717, 1.165) is 11.1 Å².